The van der Waals surface area contributed by atoms with E-state index in [1.54, 1.807) is 0 Å². The highest BCUT2D eigenvalue weighted by Gasteiger charge is 2.13. The van der Waals surface area contributed by atoms with Crippen LogP contribution in [0.15, 0.2) is 12.1 Å². The van der Waals surface area contributed by atoms with Gasteiger partial charge in [0.1, 0.15) is 0 Å². The number of likely N-dealkylation sites (tertiary alicyclic amines) is 1. The summed E-state index contributed by atoms with van der Waals surface area (Å²) in [6.07, 6.45) is 2.68. The SMILES string of the molecule is Cc1ccc(N)c(N(C)CCN2CCCC2)n1. The minimum absolute atomic E-state index is 0.763. The third-order valence-corrected chi connectivity index (χ3v) is 3.36. The third kappa shape index (κ3) is 3.09. The van der Waals surface area contributed by atoms with Crippen molar-refractivity contribution in [3.05, 3.63) is 17.8 Å². The van der Waals surface area contributed by atoms with Crippen LogP contribution in [0.1, 0.15) is 18.5 Å². The van der Waals surface area contributed by atoms with E-state index in [2.05, 4.69) is 21.8 Å². The molecule has 2 rings (SSSR count). The maximum Gasteiger partial charge on any atom is 0.151 e. The van der Waals surface area contributed by atoms with Crippen LogP contribution in [0.25, 0.3) is 0 Å². The first-order valence-electron chi connectivity index (χ1n) is 6.33. The lowest BCUT2D eigenvalue weighted by Crippen LogP contribution is -2.32. The topological polar surface area (TPSA) is 45.4 Å². The predicted octanol–water partition coefficient (Wildman–Crippen LogP) is 1.50. The Balaban J connectivity index is 1.93. The Morgan fingerprint density at radius 1 is 1.35 bits per heavy atom. The van der Waals surface area contributed by atoms with Gasteiger partial charge in [0, 0.05) is 25.8 Å². The van der Waals surface area contributed by atoms with Gasteiger partial charge in [-0.2, -0.15) is 0 Å². The Kier molecular flexibility index (Phi) is 3.84. The smallest absolute Gasteiger partial charge is 0.151 e. The molecule has 1 aliphatic heterocycles. The van der Waals surface area contributed by atoms with Gasteiger partial charge in [0.25, 0.3) is 0 Å². The Labute approximate surface area is 103 Å². The van der Waals surface area contributed by atoms with E-state index in [1.807, 2.05) is 19.1 Å². The molecule has 1 aromatic heterocycles. The van der Waals surface area contributed by atoms with Gasteiger partial charge < -0.3 is 15.5 Å². The van der Waals surface area contributed by atoms with Crippen molar-refractivity contribution in [3.63, 3.8) is 0 Å². The molecule has 0 saturated carbocycles. The third-order valence-electron chi connectivity index (χ3n) is 3.36. The van der Waals surface area contributed by atoms with E-state index < -0.39 is 0 Å². The standard InChI is InChI=1S/C13H22N4/c1-11-5-6-12(14)13(15-11)16(2)9-10-17-7-3-4-8-17/h5-6H,3-4,7-10,14H2,1-2H3. The summed E-state index contributed by atoms with van der Waals surface area (Å²) in [6, 6.07) is 3.89. The van der Waals surface area contributed by atoms with Crippen LogP contribution in [0.4, 0.5) is 11.5 Å². The molecule has 0 aromatic carbocycles. The predicted molar refractivity (Wildman–Crippen MR) is 72.3 cm³/mol. The van der Waals surface area contributed by atoms with Crippen LogP contribution in [0.3, 0.4) is 0 Å². The maximum absolute atomic E-state index is 5.96. The number of nitrogens with zero attached hydrogens (tertiary/aromatic N) is 3. The van der Waals surface area contributed by atoms with E-state index in [0.29, 0.717) is 0 Å². The summed E-state index contributed by atoms with van der Waals surface area (Å²) in [5, 5.41) is 0. The number of likely N-dealkylation sites (N-methyl/N-ethyl adjacent to an activating group) is 1. The molecule has 2 N–H and O–H groups in total. The van der Waals surface area contributed by atoms with Gasteiger partial charge in [0.2, 0.25) is 0 Å². The second-order valence-electron chi connectivity index (χ2n) is 4.84. The van der Waals surface area contributed by atoms with Crippen LogP contribution in [0, 0.1) is 6.92 Å². The van der Waals surface area contributed by atoms with Gasteiger partial charge in [0.05, 0.1) is 5.69 Å². The Morgan fingerprint density at radius 3 is 2.76 bits per heavy atom. The van der Waals surface area contributed by atoms with Gasteiger partial charge in [-0.15, -0.1) is 0 Å². The fourth-order valence-corrected chi connectivity index (χ4v) is 2.26. The monoisotopic (exact) mass is 234 g/mol. The summed E-state index contributed by atoms with van der Waals surface area (Å²) in [4.78, 5) is 9.16. The number of aryl methyl sites for hydroxylation is 1. The van der Waals surface area contributed by atoms with Gasteiger partial charge in [-0.25, -0.2) is 4.98 Å². The molecule has 4 heteroatoms. The van der Waals surface area contributed by atoms with E-state index in [4.69, 9.17) is 5.73 Å². The Morgan fingerprint density at radius 2 is 2.06 bits per heavy atom. The first-order valence-corrected chi connectivity index (χ1v) is 6.33. The summed E-state index contributed by atoms with van der Waals surface area (Å²) < 4.78 is 0. The molecule has 0 radical (unpaired) electrons. The van der Waals surface area contributed by atoms with E-state index in [9.17, 15) is 0 Å². The quantitative estimate of drug-likeness (QED) is 0.857. The largest absolute Gasteiger partial charge is 0.396 e. The van der Waals surface area contributed by atoms with Crippen molar-refractivity contribution in [2.75, 3.05) is 43.9 Å². The van der Waals surface area contributed by atoms with E-state index >= 15 is 0 Å². The van der Waals surface area contributed by atoms with Crippen molar-refractivity contribution in [2.45, 2.75) is 19.8 Å². The van der Waals surface area contributed by atoms with Crippen LogP contribution in [-0.4, -0.2) is 43.1 Å². The van der Waals surface area contributed by atoms with Gasteiger partial charge in [-0.05, 0) is 45.0 Å². The fourth-order valence-electron chi connectivity index (χ4n) is 2.26. The normalized spacial score (nSPS) is 16.4. The highest BCUT2D eigenvalue weighted by Crippen LogP contribution is 2.19. The van der Waals surface area contributed by atoms with Crippen molar-refractivity contribution < 1.29 is 0 Å². The molecule has 2 heterocycles. The zero-order chi connectivity index (χ0) is 12.3. The molecule has 1 aliphatic rings. The van der Waals surface area contributed by atoms with Crippen LogP contribution in [0.2, 0.25) is 0 Å². The van der Waals surface area contributed by atoms with Crippen molar-refractivity contribution >= 4 is 11.5 Å². The van der Waals surface area contributed by atoms with Crippen molar-refractivity contribution in [3.8, 4) is 0 Å². The first-order chi connectivity index (χ1) is 8.16. The molecule has 1 saturated heterocycles. The number of hydrogen-bond acceptors (Lipinski definition) is 4. The first kappa shape index (κ1) is 12.2. The molecule has 0 spiro atoms. The number of hydrogen-bond donors (Lipinski definition) is 1. The second-order valence-corrected chi connectivity index (χ2v) is 4.84. The molecule has 17 heavy (non-hydrogen) atoms. The van der Waals surface area contributed by atoms with Crippen molar-refractivity contribution in [2.24, 2.45) is 0 Å². The average molecular weight is 234 g/mol. The Hall–Kier alpha value is -1.29. The summed E-state index contributed by atoms with van der Waals surface area (Å²) in [5.41, 5.74) is 7.74. The number of aromatic nitrogens is 1. The van der Waals surface area contributed by atoms with E-state index in [-0.39, 0.29) is 0 Å². The summed E-state index contributed by atoms with van der Waals surface area (Å²) in [7, 11) is 2.06. The molecule has 0 bridgehead atoms. The Bertz CT molecular complexity index is 372. The highest BCUT2D eigenvalue weighted by molar-refractivity contribution is 5.62. The molecule has 0 aliphatic carbocycles. The van der Waals surface area contributed by atoms with Gasteiger partial charge in [-0.3, -0.25) is 0 Å². The lowest BCUT2D eigenvalue weighted by atomic mass is 10.3. The van der Waals surface area contributed by atoms with Gasteiger partial charge in [0.15, 0.2) is 5.82 Å². The van der Waals surface area contributed by atoms with E-state index in [0.717, 1.165) is 30.3 Å². The van der Waals surface area contributed by atoms with Crippen LogP contribution >= 0.6 is 0 Å². The summed E-state index contributed by atoms with van der Waals surface area (Å²) in [6.45, 7) is 6.57. The maximum atomic E-state index is 5.96. The molecule has 4 nitrogen and oxygen atoms in total. The van der Waals surface area contributed by atoms with Crippen LogP contribution < -0.4 is 10.6 Å². The van der Waals surface area contributed by atoms with Crippen LogP contribution in [0.5, 0.6) is 0 Å². The number of pyridine rings is 1. The molecule has 94 valence electrons. The summed E-state index contributed by atoms with van der Waals surface area (Å²) in [5.74, 6) is 0.907. The minimum Gasteiger partial charge on any atom is -0.396 e. The molecule has 0 atom stereocenters. The molecule has 0 amide bonds. The molecule has 1 aromatic rings. The number of nitrogen functional groups attached to an aromatic ring is 1. The molecule has 0 unspecified atom stereocenters. The lowest BCUT2D eigenvalue weighted by molar-refractivity contribution is 0.346. The average Bonchev–Trinajstić information content (AvgIpc) is 2.82. The highest BCUT2D eigenvalue weighted by atomic mass is 15.2. The second kappa shape index (κ2) is 5.36. The minimum atomic E-state index is 0.763. The van der Waals surface area contributed by atoms with Crippen LogP contribution in [-0.2, 0) is 0 Å². The molecular formula is C13H22N4. The zero-order valence-corrected chi connectivity index (χ0v) is 10.8. The van der Waals surface area contributed by atoms with E-state index in [1.165, 1.54) is 25.9 Å². The molecule has 1 fully saturated rings. The van der Waals surface area contributed by atoms with Gasteiger partial charge in [-0.1, -0.05) is 0 Å². The van der Waals surface area contributed by atoms with Crippen molar-refractivity contribution in [1.82, 2.24) is 9.88 Å². The fraction of sp³-hybridized carbons (Fsp3) is 0.615. The summed E-state index contributed by atoms with van der Waals surface area (Å²) >= 11 is 0. The lowest BCUT2D eigenvalue weighted by Gasteiger charge is -2.23. The number of nitrogens with two attached hydrogens (primary N) is 1. The number of anilines is 2. The molecular weight excluding hydrogens is 212 g/mol. The zero-order valence-electron chi connectivity index (χ0n) is 10.8. The van der Waals surface area contributed by atoms with Gasteiger partial charge >= 0.3 is 0 Å². The number of rotatable bonds is 4. The van der Waals surface area contributed by atoms with Crippen molar-refractivity contribution in [1.29, 1.82) is 0 Å².